The molecule has 2 heterocycles. The van der Waals surface area contributed by atoms with Gasteiger partial charge in [-0.05, 0) is 39.2 Å². The van der Waals surface area contributed by atoms with E-state index < -0.39 is 6.10 Å². The zero-order valence-electron chi connectivity index (χ0n) is 10.7. The number of ether oxygens (including phenoxy) is 1. The molecule has 1 aliphatic rings. The van der Waals surface area contributed by atoms with E-state index in [0.717, 1.165) is 34.4 Å². The van der Waals surface area contributed by atoms with Crippen LogP contribution in [0.25, 0.3) is 0 Å². The third-order valence-electron chi connectivity index (χ3n) is 3.17. The van der Waals surface area contributed by atoms with E-state index in [1.165, 1.54) is 0 Å². The number of fused-ring (bicyclic) bond motifs is 1. The van der Waals surface area contributed by atoms with Crippen molar-refractivity contribution in [1.29, 1.82) is 0 Å². The quantitative estimate of drug-likeness (QED) is 0.897. The fraction of sp³-hybridized carbons (Fsp3) is 0.286. The van der Waals surface area contributed by atoms with Crippen LogP contribution in [0.5, 0.6) is 5.75 Å². The van der Waals surface area contributed by atoms with Crippen LogP contribution in [0.3, 0.4) is 0 Å². The minimum absolute atomic E-state index is 0.362. The average molecular weight is 336 g/mol. The van der Waals surface area contributed by atoms with E-state index >= 15 is 0 Å². The van der Waals surface area contributed by atoms with Gasteiger partial charge in [-0.25, -0.2) is 9.97 Å². The summed E-state index contributed by atoms with van der Waals surface area (Å²) in [6, 6.07) is 5.80. The van der Waals surface area contributed by atoms with E-state index in [1.54, 1.807) is 12.4 Å². The predicted molar refractivity (Wildman–Crippen MR) is 78.8 cm³/mol. The van der Waals surface area contributed by atoms with Crippen LogP contribution in [-0.4, -0.2) is 28.2 Å². The lowest BCUT2D eigenvalue weighted by atomic mass is 10.0. The molecule has 1 unspecified atom stereocenters. The van der Waals surface area contributed by atoms with E-state index in [9.17, 15) is 5.11 Å². The Labute approximate surface area is 125 Å². The molecule has 0 aliphatic carbocycles. The summed E-state index contributed by atoms with van der Waals surface area (Å²) in [5.41, 5.74) is 2.03. The fourth-order valence-corrected chi connectivity index (χ4v) is 2.33. The van der Waals surface area contributed by atoms with E-state index in [2.05, 4.69) is 31.2 Å². The highest BCUT2D eigenvalue weighted by Gasteiger charge is 2.15. The maximum Gasteiger partial charge on any atom is 0.222 e. The van der Waals surface area contributed by atoms with Crippen LogP contribution in [0.2, 0.25) is 0 Å². The molecule has 0 spiro atoms. The van der Waals surface area contributed by atoms with Crippen LogP contribution >= 0.6 is 15.9 Å². The molecule has 2 aromatic rings. The van der Waals surface area contributed by atoms with Crippen molar-refractivity contribution in [2.75, 3.05) is 18.5 Å². The van der Waals surface area contributed by atoms with Crippen molar-refractivity contribution >= 4 is 21.9 Å². The van der Waals surface area contributed by atoms with Gasteiger partial charge in [-0.3, -0.25) is 0 Å². The number of rotatable bonds is 4. The number of nitrogens with zero attached hydrogens (tertiary/aromatic N) is 2. The molecule has 0 amide bonds. The average Bonchev–Trinajstić information content (AvgIpc) is 2.93. The number of aliphatic hydroxyl groups is 1. The minimum Gasteiger partial charge on any atom is -0.493 e. The van der Waals surface area contributed by atoms with Gasteiger partial charge in [-0.15, -0.1) is 0 Å². The second-order valence-electron chi connectivity index (χ2n) is 4.59. The minimum atomic E-state index is -0.604. The van der Waals surface area contributed by atoms with Crippen LogP contribution in [0, 0.1) is 0 Å². The zero-order valence-corrected chi connectivity index (χ0v) is 12.3. The molecule has 20 heavy (non-hydrogen) atoms. The van der Waals surface area contributed by atoms with Crippen LogP contribution in [0.1, 0.15) is 17.2 Å². The Morgan fingerprint density at radius 2 is 2.15 bits per heavy atom. The molecule has 1 aliphatic heterocycles. The van der Waals surface area contributed by atoms with Crippen molar-refractivity contribution in [2.45, 2.75) is 12.5 Å². The first-order chi connectivity index (χ1) is 9.72. The second-order valence-corrected chi connectivity index (χ2v) is 5.50. The SMILES string of the molecule is OC(CNc1ncc(Br)cn1)c1ccc2c(c1)CCO2. The molecule has 6 heteroatoms. The van der Waals surface area contributed by atoms with Gasteiger partial charge >= 0.3 is 0 Å². The molecule has 1 aromatic carbocycles. The Hall–Kier alpha value is -1.66. The summed E-state index contributed by atoms with van der Waals surface area (Å²) in [6.07, 6.45) is 3.62. The van der Waals surface area contributed by atoms with E-state index in [1.807, 2.05) is 18.2 Å². The van der Waals surface area contributed by atoms with Crippen LogP contribution < -0.4 is 10.1 Å². The summed E-state index contributed by atoms with van der Waals surface area (Å²) in [5, 5.41) is 13.2. The summed E-state index contributed by atoms with van der Waals surface area (Å²) in [7, 11) is 0. The molecule has 1 aromatic heterocycles. The predicted octanol–water partition coefficient (Wildman–Crippen LogP) is 2.32. The topological polar surface area (TPSA) is 67.3 Å². The van der Waals surface area contributed by atoms with Gasteiger partial charge in [0.1, 0.15) is 5.75 Å². The Balaban J connectivity index is 1.64. The maximum absolute atomic E-state index is 10.2. The molecule has 0 saturated heterocycles. The highest BCUT2D eigenvalue weighted by atomic mass is 79.9. The Kier molecular flexibility index (Phi) is 3.84. The Morgan fingerprint density at radius 3 is 2.95 bits per heavy atom. The van der Waals surface area contributed by atoms with E-state index in [0.29, 0.717) is 12.5 Å². The largest absolute Gasteiger partial charge is 0.493 e. The summed E-state index contributed by atoms with van der Waals surface area (Å²) in [5.74, 6) is 1.42. The summed E-state index contributed by atoms with van der Waals surface area (Å²) >= 11 is 3.28. The maximum atomic E-state index is 10.2. The lowest BCUT2D eigenvalue weighted by Crippen LogP contribution is -2.13. The number of nitrogens with one attached hydrogen (secondary N) is 1. The summed E-state index contributed by atoms with van der Waals surface area (Å²) < 4.78 is 6.27. The van der Waals surface area contributed by atoms with Gasteiger partial charge in [-0.1, -0.05) is 6.07 Å². The van der Waals surface area contributed by atoms with Crippen LogP contribution in [0.15, 0.2) is 35.1 Å². The van der Waals surface area contributed by atoms with E-state index in [4.69, 9.17) is 4.74 Å². The molecular weight excluding hydrogens is 322 g/mol. The van der Waals surface area contributed by atoms with Gasteiger partial charge in [0.2, 0.25) is 5.95 Å². The standard InChI is InChI=1S/C14H14BrN3O2/c15-11-6-16-14(17-7-11)18-8-12(19)9-1-2-13-10(5-9)3-4-20-13/h1-2,5-7,12,19H,3-4,8H2,(H,16,17,18). The number of benzene rings is 1. The van der Waals surface area contributed by atoms with Gasteiger partial charge in [0, 0.05) is 25.4 Å². The van der Waals surface area contributed by atoms with Crippen molar-refractivity contribution in [3.05, 3.63) is 46.2 Å². The van der Waals surface area contributed by atoms with E-state index in [-0.39, 0.29) is 0 Å². The smallest absolute Gasteiger partial charge is 0.222 e. The van der Waals surface area contributed by atoms with Crippen molar-refractivity contribution in [2.24, 2.45) is 0 Å². The number of aromatic nitrogens is 2. The molecule has 5 nitrogen and oxygen atoms in total. The number of hydrogen-bond acceptors (Lipinski definition) is 5. The monoisotopic (exact) mass is 335 g/mol. The first kappa shape index (κ1) is 13.3. The van der Waals surface area contributed by atoms with Crippen LogP contribution in [-0.2, 0) is 6.42 Å². The molecule has 1 atom stereocenters. The van der Waals surface area contributed by atoms with Crippen molar-refractivity contribution in [3.63, 3.8) is 0 Å². The number of aliphatic hydroxyl groups excluding tert-OH is 1. The van der Waals surface area contributed by atoms with Gasteiger partial charge in [0.25, 0.3) is 0 Å². The Bertz CT molecular complexity index is 604. The molecule has 3 rings (SSSR count). The van der Waals surface area contributed by atoms with Crippen molar-refractivity contribution < 1.29 is 9.84 Å². The number of halogens is 1. The normalized spacial score (nSPS) is 14.5. The molecule has 104 valence electrons. The third-order valence-corrected chi connectivity index (χ3v) is 3.58. The number of hydrogen-bond donors (Lipinski definition) is 2. The summed E-state index contributed by atoms with van der Waals surface area (Å²) in [6.45, 7) is 1.08. The lowest BCUT2D eigenvalue weighted by Gasteiger charge is -2.13. The first-order valence-corrected chi connectivity index (χ1v) is 7.17. The molecule has 0 fully saturated rings. The Morgan fingerprint density at radius 1 is 1.35 bits per heavy atom. The zero-order chi connectivity index (χ0) is 13.9. The molecule has 0 saturated carbocycles. The van der Waals surface area contributed by atoms with Crippen molar-refractivity contribution in [1.82, 2.24) is 9.97 Å². The van der Waals surface area contributed by atoms with Gasteiger partial charge < -0.3 is 15.2 Å². The molecule has 2 N–H and O–H groups in total. The fourth-order valence-electron chi connectivity index (χ4n) is 2.12. The van der Waals surface area contributed by atoms with Gasteiger partial charge in [0.05, 0.1) is 17.2 Å². The van der Waals surface area contributed by atoms with Crippen molar-refractivity contribution in [3.8, 4) is 5.75 Å². The third kappa shape index (κ3) is 2.91. The summed E-state index contributed by atoms with van der Waals surface area (Å²) in [4.78, 5) is 8.20. The highest BCUT2D eigenvalue weighted by Crippen LogP contribution is 2.28. The molecule has 0 bridgehead atoms. The second kappa shape index (κ2) is 5.76. The first-order valence-electron chi connectivity index (χ1n) is 6.37. The lowest BCUT2D eigenvalue weighted by molar-refractivity contribution is 0.191. The highest BCUT2D eigenvalue weighted by molar-refractivity contribution is 9.10. The molecule has 0 radical (unpaired) electrons. The number of anilines is 1. The molecular formula is C14H14BrN3O2. The van der Waals surface area contributed by atoms with Crippen LogP contribution in [0.4, 0.5) is 5.95 Å². The van der Waals surface area contributed by atoms with Gasteiger partial charge in [-0.2, -0.15) is 0 Å². The van der Waals surface area contributed by atoms with Gasteiger partial charge in [0.15, 0.2) is 0 Å².